The quantitative estimate of drug-likeness (QED) is 0.413. The highest BCUT2D eigenvalue weighted by Gasteiger charge is 2.19. The molecule has 10 heteroatoms. The van der Waals surface area contributed by atoms with Crippen molar-refractivity contribution in [2.24, 2.45) is 0 Å². The van der Waals surface area contributed by atoms with Gasteiger partial charge in [0.1, 0.15) is 5.82 Å². The average Bonchev–Trinajstić information content (AvgIpc) is 2.76. The number of amides is 2. The number of nitrogens with zero attached hydrogens (tertiary/aromatic N) is 3. The van der Waals surface area contributed by atoms with Gasteiger partial charge >= 0.3 is 11.8 Å². The molecule has 0 bridgehead atoms. The number of benzene rings is 2. The summed E-state index contributed by atoms with van der Waals surface area (Å²) in [5.41, 5.74) is 1.74. The molecule has 3 rings (SSSR count). The third-order valence-corrected chi connectivity index (χ3v) is 5.15. The zero-order valence-corrected chi connectivity index (χ0v) is 17.1. The van der Waals surface area contributed by atoms with Crippen LogP contribution >= 0.6 is 0 Å². The largest absolute Gasteiger partial charge is 0.369 e. The van der Waals surface area contributed by atoms with Crippen molar-refractivity contribution < 1.29 is 18.9 Å². The van der Waals surface area contributed by atoms with Gasteiger partial charge in [-0.1, -0.05) is 0 Å². The molecule has 31 heavy (non-hydrogen) atoms. The fraction of sp³-hybridized carbons (Fsp3) is 0.333. The van der Waals surface area contributed by atoms with Gasteiger partial charge in [0, 0.05) is 62.8 Å². The van der Waals surface area contributed by atoms with Crippen LogP contribution in [0.1, 0.15) is 5.56 Å². The van der Waals surface area contributed by atoms with Crippen molar-refractivity contribution in [2.75, 3.05) is 49.5 Å². The third kappa shape index (κ3) is 5.98. The summed E-state index contributed by atoms with van der Waals surface area (Å²) in [4.78, 5) is 38.7. The Balaban J connectivity index is 1.39. The predicted octanol–water partition coefficient (Wildman–Crippen LogP) is 1.92. The van der Waals surface area contributed by atoms with Gasteiger partial charge in [-0.25, -0.2) is 4.39 Å². The van der Waals surface area contributed by atoms with Gasteiger partial charge in [-0.2, -0.15) is 0 Å². The van der Waals surface area contributed by atoms with E-state index in [9.17, 15) is 24.1 Å². The summed E-state index contributed by atoms with van der Waals surface area (Å²) in [5.74, 6) is -1.84. The van der Waals surface area contributed by atoms with Crippen molar-refractivity contribution in [2.45, 2.75) is 6.92 Å². The van der Waals surface area contributed by atoms with Crippen LogP contribution in [0.5, 0.6) is 0 Å². The van der Waals surface area contributed by atoms with E-state index in [4.69, 9.17) is 0 Å². The molecule has 1 saturated heterocycles. The highest BCUT2D eigenvalue weighted by atomic mass is 19.1. The van der Waals surface area contributed by atoms with Crippen molar-refractivity contribution in [1.29, 1.82) is 0 Å². The Kier molecular flexibility index (Phi) is 7.14. The number of hydrogen-bond acceptors (Lipinski definition) is 6. The topological polar surface area (TPSA) is 108 Å². The summed E-state index contributed by atoms with van der Waals surface area (Å²) in [5, 5.41) is 15.8. The van der Waals surface area contributed by atoms with E-state index in [1.54, 1.807) is 19.1 Å². The summed E-state index contributed by atoms with van der Waals surface area (Å²) in [7, 11) is 0. The second-order valence-electron chi connectivity index (χ2n) is 7.27. The highest BCUT2D eigenvalue weighted by Crippen LogP contribution is 2.21. The standard InChI is InChI=1S/C21H24FN5O4/c1-15-14-18(27(30)31)6-7-19(15)24-21(29)20(28)23-8-9-25-10-12-26(13-11-25)17-4-2-16(22)3-5-17/h2-7,14H,8-13H2,1H3,(H,23,28)(H,24,29). The molecular formula is C21H24FN5O4. The van der Waals surface area contributed by atoms with E-state index in [-0.39, 0.29) is 11.5 Å². The van der Waals surface area contributed by atoms with Gasteiger partial charge in [-0.3, -0.25) is 24.6 Å². The summed E-state index contributed by atoms with van der Waals surface area (Å²) < 4.78 is 13.0. The molecule has 0 saturated carbocycles. The van der Waals surface area contributed by atoms with Crippen molar-refractivity contribution in [3.63, 3.8) is 0 Å². The van der Waals surface area contributed by atoms with Crippen LogP contribution in [0.15, 0.2) is 42.5 Å². The molecule has 0 radical (unpaired) electrons. The minimum Gasteiger partial charge on any atom is -0.369 e. The molecule has 2 aromatic carbocycles. The zero-order chi connectivity index (χ0) is 22.4. The Morgan fingerprint density at radius 3 is 2.35 bits per heavy atom. The second-order valence-corrected chi connectivity index (χ2v) is 7.27. The van der Waals surface area contributed by atoms with Crippen LogP contribution < -0.4 is 15.5 Å². The molecule has 0 aromatic heterocycles. The first-order valence-corrected chi connectivity index (χ1v) is 9.90. The summed E-state index contributed by atoms with van der Waals surface area (Å²) in [6.07, 6.45) is 0. The van der Waals surface area contributed by atoms with Crippen molar-refractivity contribution in [1.82, 2.24) is 10.2 Å². The highest BCUT2D eigenvalue weighted by molar-refractivity contribution is 6.39. The smallest absolute Gasteiger partial charge is 0.313 e. The van der Waals surface area contributed by atoms with Gasteiger partial charge in [0.05, 0.1) is 4.92 Å². The number of halogens is 1. The molecule has 1 aliphatic rings. The minimum atomic E-state index is -0.821. The van der Waals surface area contributed by atoms with E-state index >= 15 is 0 Å². The number of nitrogens with one attached hydrogen (secondary N) is 2. The number of carbonyl (C=O) groups excluding carboxylic acids is 2. The first-order valence-electron chi connectivity index (χ1n) is 9.90. The number of nitro groups is 1. The van der Waals surface area contributed by atoms with Gasteiger partial charge in [-0.15, -0.1) is 0 Å². The van der Waals surface area contributed by atoms with Gasteiger partial charge in [-0.05, 0) is 42.8 Å². The van der Waals surface area contributed by atoms with Crippen molar-refractivity contribution in [3.05, 3.63) is 64.0 Å². The molecule has 2 aromatic rings. The van der Waals surface area contributed by atoms with E-state index < -0.39 is 16.7 Å². The Hall–Kier alpha value is -3.53. The number of anilines is 2. The average molecular weight is 429 g/mol. The Morgan fingerprint density at radius 2 is 1.74 bits per heavy atom. The molecule has 1 fully saturated rings. The monoisotopic (exact) mass is 429 g/mol. The molecule has 1 aliphatic heterocycles. The maximum atomic E-state index is 13.0. The van der Waals surface area contributed by atoms with E-state index in [1.807, 2.05) is 0 Å². The summed E-state index contributed by atoms with van der Waals surface area (Å²) in [6, 6.07) is 10.4. The number of hydrogen-bond donors (Lipinski definition) is 2. The molecule has 0 aliphatic carbocycles. The number of non-ortho nitro benzene ring substituents is 1. The number of piperazine rings is 1. The Morgan fingerprint density at radius 1 is 1.06 bits per heavy atom. The first-order chi connectivity index (χ1) is 14.8. The fourth-order valence-electron chi connectivity index (χ4n) is 3.37. The van der Waals surface area contributed by atoms with E-state index in [0.717, 1.165) is 31.9 Å². The van der Waals surface area contributed by atoms with Crippen molar-refractivity contribution in [3.8, 4) is 0 Å². The van der Waals surface area contributed by atoms with Crippen LogP contribution in [-0.4, -0.2) is 60.9 Å². The van der Waals surface area contributed by atoms with Crippen LogP contribution in [0, 0.1) is 22.9 Å². The van der Waals surface area contributed by atoms with Gasteiger partial charge < -0.3 is 15.5 Å². The lowest BCUT2D eigenvalue weighted by molar-refractivity contribution is -0.384. The minimum absolute atomic E-state index is 0.0838. The second kappa shape index (κ2) is 9.98. The van der Waals surface area contributed by atoms with Gasteiger partial charge in [0.15, 0.2) is 0 Å². The first kappa shape index (κ1) is 22.2. The lowest BCUT2D eigenvalue weighted by Crippen LogP contribution is -2.49. The van der Waals surface area contributed by atoms with Crippen LogP contribution in [0.25, 0.3) is 0 Å². The molecule has 1 heterocycles. The molecule has 0 atom stereocenters. The number of rotatable bonds is 6. The van der Waals surface area contributed by atoms with Crippen LogP contribution in [0.3, 0.4) is 0 Å². The van der Waals surface area contributed by atoms with E-state index in [2.05, 4.69) is 20.4 Å². The number of nitro benzene ring substituents is 1. The molecule has 2 amide bonds. The van der Waals surface area contributed by atoms with Crippen LogP contribution in [-0.2, 0) is 9.59 Å². The normalized spacial score (nSPS) is 14.2. The molecule has 2 N–H and O–H groups in total. The van der Waals surface area contributed by atoms with Crippen LogP contribution in [0.2, 0.25) is 0 Å². The Labute approximate surface area is 179 Å². The maximum Gasteiger partial charge on any atom is 0.313 e. The van der Waals surface area contributed by atoms with Gasteiger partial charge in [0.2, 0.25) is 0 Å². The molecule has 0 unspecified atom stereocenters. The van der Waals surface area contributed by atoms with Crippen molar-refractivity contribution >= 4 is 28.9 Å². The molecule has 164 valence electrons. The van der Waals surface area contributed by atoms with E-state index in [1.165, 1.54) is 30.3 Å². The molecule has 0 spiro atoms. The van der Waals surface area contributed by atoms with E-state index in [0.29, 0.717) is 24.3 Å². The third-order valence-electron chi connectivity index (χ3n) is 5.15. The summed E-state index contributed by atoms with van der Waals surface area (Å²) >= 11 is 0. The maximum absolute atomic E-state index is 13.0. The Bertz CT molecular complexity index is 959. The lowest BCUT2D eigenvalue weighted by Gasteiger charge is -2.36. The lowest BCUT2D eigenvalue weighted by atomic mass is 10.2. The fourth-order valence-corrected chi connectivity index (χ4v) is 3.37. The predicted molar refractivity (Wildman–Crippen MR) is 115 cm³/mol. The number of aryl methyl sites for hydroxylation is 1. The SMILES string of the molecule is Cc1cc([N+](=O)[O-])ccc1NC(=O)C(=O)NCCN1CCN(c2ccc(F)cc2)CC1. The van der Waals surface area contributed by atoms with Gasteiger partial charge in [0.25, 0.3) is 5.69 Å². The molecular weight excluding hydrogens is 405 g/mol. The molecule has 9 nitrogen and oxygen atoms in total. The number of carbonyl (C=O) groups is 2. The van der Waals surface area contributed by atoms with Crippen LogP contribution in [0.4, 0.5) is 21.5 Å². The summed E-state index contributed by atoms with van der Waals surface area (Å²) in [6.45, 7) is 5.71. The zero-order valence-electron chi connectivity index (χ0n) is 17.1.